The zero-order valence-electron chi connectivity index (χ0n) is 10.0. The molecule has 0 heterocycles. The predicted octanol–water partition coefficient (Wildman–Crippen LogP) is 2.35. The van der Waals surface area contributed by atoms with E-state index in [2.05, 4.69) is 0 Å². The molecule has 1 aromatic carbocycles. The summed E-state index contributed by atoms with van der Waals surface area (Å²) in [5, 5.41) is 8.86. The molecule has 0 spiro atoms. The lowest BCUT2D eigenvalue weighted by Crippen LogP contribution is -2.14. The summed E-state index contributed by atoms with van der Waals surface area (Å²) in [5.41, 5.74) is 0.0162. The Labute approximate surface area is 107 Å². The quantitative estimate of drug-likeness (QED) is 0.909. The molecule has 0 aliphatic heterocycles. The molecular weight excluding hydrogens is 252 g/mol. The molecule has 0 saturated heterocycles. The van der Waals surface area contributed by atoms with Crippen molar-refractivity contribution < 1.29 is 18.3 Å². The van der Waals surface area contributed by atoms with Gasteiger partial charge in [-0.25, -0.2) is 13.2 Å². The third-order valence-electron chi connectivity index (χ3n) is 3.37. The van der Waals surface area contributed by atoms with Gasteiger partial charge in [0.25, 0.3) is 0 Å². The van der Waals surface area contributed by atoms with Crippen LogP contribution in [0.15, 0.2) is 29.2 Å². The molecule has 0 aromatic heterocycles. The lowest BCUT2D eigenvalue weighted by atomic mass is 10.1. The van der Waals surface area contributed by atoms with Crippen molar-refractivity contribution in [2.75, 3.05) is 5.75 Å². The maximum Gasteiger partial charge on any atom is 0.335 e. The first kappa shape index (κ1) is 13.1. The number of carbonyl (C=O) groups is 1. The van der Waals surface area contributed by atoms with E-state index < -0.39 is 15.8 Å². The summed E-state index contributed by atoms with van der Waals surface area (Å²) in [6.07, 6.45) is 4.10. The number of benzene rings is 1. The van der Waals surface area contributed by atoms with Crippen LogP contribution in [0.5, 0.6) is 0 Å². The van der Waals surface area contributed by atoms with Gasteiger partial charge in [0.2, 0.25) is 0 Å². The monoisotopic (exact) mass is 268 g/mol. The average molecular weight is 268 g/mol. The molecule has 2 rings (SSSR count). The molecule has 4 nitrogen and oxygen atoms in total. The fraction of sp³-hybridized carbons (Fsp3) is 0.462. The second-order valence-corrected chi connectivity index (χ2v) is 6.80. The van der Waals surface area contributed by atoms with Crippen LogP contribution < -0.4 is 0 Å². The fourth-order valence-corrected chi connectivity index (χ4v) is 4.14. The summed E-state index contributed by atoms with van der Waals surface area (Å²) in [5.74, 6) is -0.743. The number of sulfone groups is 1. The van der Waals surface area contributed by atoms with Crippen molar-refractivity contribution in [1.29, 1.82) is 0 Å². The Kier molecular flexibility index (Phi) is 3.71. The Morgan fingerprint density at radius 3 is 2.56 bits per heavy atom. The third-order valence-corrected chi connectivity index (χ3v) is 5.25. The molecule has 0 bridgehead atoms. The first-order valence-corrected chi connectivity index (χ1v) is 7.70. The molecule has 0 atom stereocenters. The Bertz CT molecular complexity index is 542. The van der Waals surface area contributed by atoms with Gasteiger partial charge >= 0.3 is 5.97 Å². The van der Waals surface area contributed by atoms with Crippen LogP contribution in [0.25, 0.3) is 0 Å². The van der Waals surface area contributed by atoms with E-state index in [0.29, 0.717) is 0 Å². The highest BCUT2D eigenvalue weighted by Gasteiger charge is 2.24. The van der Waals surface area contributed by atoms with E-state index in [1.807, 2.05) is 0 Å². The molecule has 1 aliphatic carbocycles. The van der Waals surface area contributed by atoms with Gasteiger partial charge in [0.05, 0.1) is 16.2 Å². The van der Waals surface area contributed by atoms with Crippen LogP contribution in [0.2, 0.25) is 0 Å². The maximum absolute atomic E-state index is 12.2. The van der Waals surface area contributed by atoms with Gasteiger partial charge in [-0.3, -0.25) is 0 Å². The lowest BCUT2D eigenvalue weighted by Gasteiger charge is -2.10. The number of hydrogen-bond donors (Lipinski definition) is 1. The standard InChI is InChI=1S/C13H16O4S/c14-13(15)11-6-3-7-12(8-11)18(16,17)9-10-4-1-2-5-10/h3,6-8,10H,1-2,4-5,9H2,(H,14,15). The molecular formula is C13H16O4S. The smallest absolute Gasteiger partial charge is 0.335 e. The Morgan fingerprint density at radius 2 is 1.94 bits per heavy atom. The Morgan fingerprint density at radius 1 is 1.28 bits per heavy atom. The lowest BCUT2D eigenvalue weighted by molar-refractivity contribution is 0.0696. The number of rotatable bonds is 4. The SMILES string of the molecule is O=C(O)c1cccc(S(=O)(=O)CC2CCCC2)c1. The zero-order valence-corrected chi connectivity index (χ0v) is 10.8. The summed E-state index contributed by atoms with van der Waals surface area (Å²) in [4.78, 5) is 10.9. The molecule has 5 heteroatoms. The second kappa shape index (κ2) is 5.10. The van der Waals surface area contributed by atoms with E-state index in [4.69, 9.17) is 5.11 Å². The van der Waals surface area contributed by atoms with Gasteiger partial charge in [-0.15, -0.1) is 0 Å². The predicted molar refractivity (Wildman–Crippen MR) is 67.4 cm³/mol. The molecule has 1 fully saturated rings. The summed E-state index contributed by atoms with van der Waals surface area (Å²) < 4.78 is 24.3. The molecule has 0 unspecified atom stereocenters. The van der Waals surface area contributed by atoms with Crippen molar-refractivity contribution in [1.82, 2.24) is 0 Å². The fourth-order valence-electron chi connectivity index (χ4n) is 2.41. The third kappa shape index (κ3) is 2.90. The van der Waals surface area contributed by atoms with E-state index >= 15 is 0 Å². The first-order chi connectivity index (χ1) is 8.49. The van der Waals surface area contributed by atoms with Crippen LogP contribution in [-0.2, 0) is 9.84 Å². The normalized spacial score (nSPS) is 16.9. The minimum absolute atomic E-state index is 0.0162. The van der Waals surface area contributed by atoms with E-state index in [-0.39, 0.29) is 22.1 Å². The highest BCUT2D eigenvalue weighted by Crippen LogP contribution is 2.28. The summed E-state index contributed by atoms with van der Waals surface area (Å²) in [7, 11) is -3.36. The van der Waals surface area contributed by atoms with Gasteiger partial charge in [-0.1, -0.05) is 18.9 Å². The zero-order chi connectivity index (χ0) is 13.2. The molecule has 0 amide bonds. The number of carboxylic acid groups (broad SMARTS) is 1. The van der Waals surface area contributed by atoms with Crippen LogP contribution in [0, 0.1) is 5.92 Å². The van der Waals surface area contributed by atoms with Crippen LogP contribution in [0.1, 0.15) is 36.0 Å². The Balaban J connectivity index is 2.23. The highest BCUT2D eigenvalue weighted by atomic mass is 32.2. The number of hydrogen-bond acceptors (Lipinski definition) is 3. The Hall–Kier alpha value is -1.36. The van der Waals surface area contributed by atoms with Crippen molar-refractivity contribution in [3.63, 3.8) is 0 Å². The minimum Gasteiger partial charge on any atom is -0.478 e. The van der Waals surface area contributed by atoms with Gasteiger partial charge in [0.15, 0.2) is 9.84 Å². The van der Waals surface area contributed by atoms with E-state index in [1.54, 1.807) is 0 Å². The van der Waals surface area contributed by atoms with Crippen molar-refractivity contribution in [2.45, 2.75) is 30.6 Å². The van der Waals surface area contributed by atoms with Crippen LogP contribution in [-0.4, -0.2) is 25.2 Å². The van der Waals surface area contributed by atoms with E-state index in [0.717, 1.165) is 25.7 Å². The van der Waals surface area contributed by atoms with Crippen LogP contribution >= 0.6 is 0 Å². The van der Waals surface area contributed by atoms with Gasteiger partial charge in [0, 0.05) is 0 Å². The van der Waals surface area contributed by atoms with Gasteiger partial charge in [-0.05, 0) is 37.0 Å². The molecule has 98 valence electrons. The van der Waals surface area contributed by atoms with Gasteiger partial charge in [-0.2, -0.15) is 0 Å². The van der Waals surface area contributed by atoms with Crippen molar-refractivity contribution in [3.05, 3.63) is 29.8 Å². The van der Waals surface area contributed by atoms with E-state index in [9.17, 15) is 13.2 Å². The molecule has 1 aliphatic rings. The van der Waals surface area contributed by atoms with Crippen molar-refractivity contribution in [3.8, 4) is 0 Å². The largest absolute Gasteiger partial charge is 0.478 e. The minimum atomic E-state index is -3.36. The number of carboxylic acids is 1. The highest BCUT2D eigenvalue weighted by molar-refractivity contribution is 7.91. The van der Waals surface area contributed by atoms with Gasteiger partial charge in [0.1, 0.15) is 0 Å². The summed E-state index contributed by atoms with van der Waals surface area (Å²) >= 11 is 0. The molecule has 1 N–H and O–H groups in total. The molecule has 0 radical (unpaired) electrons. The molecule has 1 saturated carbocycles. The summed E-state index contributed by atoms with van der Waals surface area (Å²) in [6, 6.07) is 5.59. The second-order valence-electron chi connectivity index (χ2n) is 4.76. The maximum atomic E-state index is 12.2. The van der Waals surface area contributed by atoms with Crippen molar-refractivity contribution >= 4 is 15.8 Å². The summed E-state index contributed by atoms with van der Waals surface area (Å²) in [6.45, 7) is 0. The topological polar surface area (TPSA) is 71.4 Å². The first-order valence-electron chi connectivity index (χ1n) is 6.05. The van der Waals surface area contributed by atoms with Crippen LogP contribution in [0.3, 0.4) is 0 Å². The molecule has 18 heavy (non-hydrogen) atoms. The van der Waals surface area contributed by atoms with Crippen LogP contribution in [0.4, 0.5) is 0 Å². The van der Waals surface area contributed by atoms with E-state index in [1.165, 1.54) is 24.3 Å². The number of aromatic carboxylic acids is 1. The molecule has 1 aromatic rings. The van der Waals surface area contributed by atoms with Gasteiger partial charge < -0.3 is 5.11 Å². The van der Waals surface area contributed by atoms with Crippen molar-refractivity contribution in [2.24, 2.45) is 5.92 Å². The average Bonchev–Trinajstić information content (AvgIpc) is 2.81.